The summed E-state index contributed by atoms with van der Waals surface area (Å²) in [5, 5.41) is 9.14. The summed E-state index contributed by atoms with van der Waals surface area (Å²) in [7, 11) is 3.13. The van der Waals surface area contributed by atoms with Crippen molar-refractivity contribution in [3.63, 3.8) is 0 Å². The van der Waals surface area contributed by atoms with E-state index < -0.39 is 6.09 Å². The number of likely N-dealkylation sites (tertiary alicyclic amines) is 1. The summed E-state index contributed by atoms with van der Waals surface area (Å²) < 4.78 is 16.7. The molecular formula is C19H23N5O5. The van der Waals surface area contributed by atoms with E-state index in [9.17, 15) is 4.79 Å². The standard InChI is InChI=1S/C19H23N5O5/c1-27-16-7-12(8-20-18(16)28-2)23-6-4-15-14(10-23)17(22-11-21-15)29-13-3-5-24(9-13)19(25)26/h7-8,11,13H,3-6,9-10H2,1-2H3,(H,25,26)/t13-/m0/s1. The first kappa shape index (κ1) is 19.0. The van der Waals surface area contributed by atoms with Gasteiger partial charge in [-0.3, -0.25) is 0 Å². The Morgan fingerprint density at radius 2 is 2.03 bits per heavy atom. The number of carbonyl (C=O) groups is 1. The van der Waals surface area contributed by atoms with E-state index >= 15 is 0 Å². The van der Waals surface area contributed by atoms with Gasteiger partial charge in [-0.1, -0.05) is 0 Å². The van der Waals surface area contributed by atoms with Crippen LogP contribution >= 0.6 is 0 Å². The predicted octanol–water partition coefficient (Wildman–Crippen LogP) is 1.58. The molecule has 2 aromatic heterocycles. The Hall–Kier alpha value is -3.30. The van der Waals surface area contributed by atoms with Gasteiger partial charge in [0.15, 0.2) is 5.75 Å². The van der Waals surface area contributed by atoms with Crippen molar-refractivity contribution in [2.75, 3.05) is 38.8 Å². The lowest BCUT2D eigenvalue weighted by Crippen LogP contribution is -2.33. The topological polar surface area (TPSA) is 110 Å². The second-order valence-electron chi connectivity index (χ2n) is 6.94. The fraction of sp³-hybridized carbons (Fsp3) is 0.474. The maximum absolute atomic E-state index is 11.1. The summed E-state index contributed by atoms with van der Waals surface area (Å²) in [5.74, 6) is 1.52. The molecule has 2 aliphatic rings. The molecule has 0 radical (unpaired) electrons. The lowest BCUT2D eigenvalue weighted by molar-refractivity contribution is 0.144. The van der Waals surface area contributed by atoms with Crippen molar-refractivity contribution in [2.24, 2.45) is 0 Å². The average Bonchev–Trinajstić information content (AvgIpc) is 3.22. The highest BCUT2D eigenvalue weighted by molar-refractivity contribution is 5.65. The summed E-state index contributed by atoms with van der Waals surface area (Å²) >= 11 is 0. The van der Waals surface area contributed by atoms with Crippen LogP contribution in [0.15, 0.2) is 18.6 Å². The molecule has 1 saturated heterocycles. The van der Waals surface area contributed by atoms with Gasteiger partial charge in [0.25, 0.3) is 5.88 Å². The SMILES string of the molecule is COc1cc(N2CCc3ncnc(O[C@H]4CCN(C(=O)O)C4)c3C2)cnc1OC. The molecule has 10 nitrogen and oxygen atoms in total. The molecule has 0 bridgehead atoms. The highest BCUT2D eigenvalue weighted by Gasteiger charge is 2.30. The Balaban J connectivity index is 1.54. The number of nitrogens with zero attached hydrogens (tertiary/aromatic N) is 5. The first-order chi connectivity index (χ1) is 14.1. The van der Waals surface area contributed by atoms with Gasteiger partial charge in [-0.05, 0) is 0 Å². The van der Waals surface area contributed by atoms with Gasteiger partial charge in [0.2, 0.25) is 5.88 Å². The van der Waals surface area contributed by atoms with Crippen molar-refractivity contribution >= 4 is 11.8 Å². The Morgan fingerprint density at radius 3 is 2.76 bits per heavy atom. The number of hydrogen-bond donors (Lipinski definition) is 1. The van der Waals surface area contributed by atoms with Crippen LogP contribution in [-0.2, 0) is 13.0 Å². The molecule has 0 unspecified atom stereocenters. The lowest BCUT2D eigenvalue weighted by atomic mass is 10.1. The monoisotopic (exact) mass is 401 g/mol. The highest BCUT2D eigenvalue weighted by atomic mass is 16.5. The number of pyridine rings is 1. The number of carboxylic acid groups (broad SMARTS) is 1. The number of aromatic nitrogens is 3. The molecule has 1 fully saturated rings. The van der Waals surface area contributed by atoms with Gasteiger partial charge in [0, 0.05) is 32.0 Å². The van der Waals surface area contributed by atoms with Crippen LogP contribution in [0.5, 0.6) is 17.5 Å². The van der Waals surface area contributed by atoms with Gasteiger partial charge < -0.3 is 29.1 Å². The molecule has 0 aromatic carbocycles. The molecule has 1 N–H and O–H groups in total. The van der Waals surface area contributed by atoms with Crippen LogP contribution in [0.4, 0.5) is 10.5 Å². The average molecular weight is 401 g/mol. The molecule has 2 aromatic rings. The molecule has 10 heteroatoms. The van der Waals surface area contributed by atoms with Crippen molar-refractivity contribution in [3.05, 3.63) is 29.8 Å². The molecule has 0 saturated carbocycles. The minimum absolute atomic E-state index is 0.205. The third-order valence-corrected chi connectivity index (χ3v) is 5.24. The van der Waals surface area contributed by atoms with Crippen LogP contribution < -0.4 is 19.1 Å². The van der Waals surface area contributed by atoms with Gasteiger partial charge in [-0.25, -0.2) is 19.7 Å². The van der Waals surface area contributed by atoms with Crippen molar-refractivity contribution < 1.29 is 24.1 Å². The van der Waals surface area contributed by atoms with E-state index in [-0.39, 0.29) is 6.10 Å². The quantitative estimate of drug-likeness (QED) is 0.798. The van der Waals surface area contributed by atoms with E-state index in [1.54, 1.807) is 20.4 Å². The van der Waals surface area contributed by atoms with E-state index in [0.29, 0.717) is 43.6 Å². The van der Waals surface area contributed by atoms with Gasteiger partial charge in [0.1, 0.15) is 12.4 Å². The van der Waals surface area contributed by atoms with Crippen LogP contribution in [0, 0.1) is 0 Å². The normalized spacial score (nSPS) is 18.3. The summed E-state index contributed by atoms with van der Waals surface area (Å²) in [6.07, 6.45) is 3.52. The molecular weight excluding hydrogens is 378 g/mol. The van der Waals surface area contributed by atoms with Crippen LogP contribution in [0.2, 0.25) is 0 Å². The van der Waals surface area contributed by atoms with Crippen molar-refractivity contribution in [2.45, 2.75) is 25.5 Å². The molecule has 154 valence electrons. The molecule has 0 spiro atoms. The molecule has 4 rings (SSSR count). The molecule has 1 atom stereocenters. The van der Waals surface area contributed by atoms with Crippen molar-refractivity contribution in [1.82, 2.24) is 19.9 Å². The van der Waals surface area contributed by atoms with Crippen molar-refractivity contribution in [1.29, 1.82) is 0 Å². The van der Waals surface area contributed by atoms with Crippen LogP contribution in [-0.4, -0.2) is 71.0 Å². The number of methoxy groups -OCH3 is 2. The largest absolute Gasteiger partial charge is 0.491 e. The Kier molecular flexibility index (Phi) is 5.24. The molecule has 2 aliphatic heterocycles. The van der Waals surface area contributed by atoms with Gasteiger partial charge in [-0.2, -0.15) is 0 Å². The minimum Gasteiger partial charge on any atom is -0.491 e. The van der Waals surface area contributed by atoms with Crippen LogP contribution in [0.25, 0.3) is 0 Å². The van der Waals surface area contributed by atoms with Crippen LogP contribution in [0.3, 0.4) is 0 Å². The number of hydrogen-bond acceptors (Lipinski definition) is 8. The summed E-state index contributed by atoms with van der Waals surface area (Å²) in [6, 6.07) is 1.89. The fourth-order valence-electron chi connectivity index (χ4n) is 3.69. The number of amides is 1. The maximum Gasteiger partial charge on any atom is 0.407 e. The van der Waals surface area contributed by atoms with E-state index in [2.05, 4.69) is 19.9 Å². The van der Waals surface area contributed by atoms with Crippen LogP contribution in [0.1, 0.15) is 17.7 Å². The minimum atomic E-state index is -0.923. The zero-order valence-corrected chi connectivity index (χ0v) is 16.4. The van der Waals surface area contributed by atoms with Crippen molar-refractivity contribution in [3.8, 4) is 17.5 Å². The summed E-state index contributed by atoms with van der Waals surface area (Å²) in [6.45, 7) is 2.16. The van der Waals surface area contributed by atoms with E-state index in [1.807, 2.05) is 6.07 Å². The Morgan fingerprint density at radius 1 is 1.17 bits per heavy atom. The second kappa shape index (κ2) is 7.98. The molecule has 0 aliphatic carbocycles. The Bertz CT molecular complexity index is 909. The van der Waals surface area contributed by atoms with E-state index in [4.69, 9.17) is 19.3 Å². The predicted molar refractivity (Wildman–Crippen MR) is 103 cm³/mol. The highest BCUT2D eigenvalue weighted by Crippen LogP contribution is 2.33. The third-order valence-electron chi connectivity index (χ3n) is 5.24. The number of fused-ring (bicyclic) bond motifs is 1. The maximum atomic E-state index is 11.1. The number of anilines is 1. The first-order valence-electron chi connectivity index (χ1n) is 9.39. The van der Waals surface area contributed by atoms with E-state index in [1.165, 1.54) is 11.2 Å². The fourth-order valence-corrected chi connectivity index (χ4v) is 3.69. The van der Waals surface area contributed by atoms with Gasteiger partial charge in [-0.15, -0.1) is 0 Å². The molecule has 29 heavy (non-hydrogen) atoms. The van der Waals surface area contributed by atoms with Gasteiger partial charge in [0.05, 0.1) is 50.5 Å². The zero-order chi connectivity index (χ0) is 20.4. The third kappa shape index (κ3) is 3.82. The summed E-state index contributed by atoms with van der Waals surface area (Å²) in [4.78, 5) is 27.7. The Labute approximate surface area is 168 Å². The summed E-state index contributed by atoms with van der Waals surface area (Å²) in [5.41, 5.74) is 2.77. The smallest absolute Gasteiger partial charge is 0.407 e. The molecule has 1 amide bonds. The number of rotatable bonds is 5. The molecule has 4 heterocycles. The first-order valence-corrected chi connectivity index (χ1v) is 9.39. The van der Waals surface area contributed by atoms with E-state index in [0.717, 1.165) is 29.9 Å². The second-order valence-corrected chi connectivity index (χ2v) is 6.94. The zero-order valence-electron chi connectivity index (χ0n) is 16.4. The van der Waals surface area contributed by atoms with Gasteiger partial charge >= 0.3 is 6.09 Å². The number of ether oxygens (including phenoxy) is 3. The lowest BCUT2D eigenvalue weighted by Gasteiger charge is -2.31.